The molecule has 0 bridgehead atoms. The van der Waals surface area contributed by atoms with E-state index in [1.165, 1.54) is 36.8 Å². The van der Waals surface area contributed by atoms with Crippen LogP contribution in [0.3, 0.4) is 0 Å². The van der Waals surface area contributed by atoms with Crippen molar-refractivity contribution in [2.75, 3.05) is 17.8 Å². The lowest BCUT2D eigenvalue weighted by Crippen LogP contribution is -2.36. The van der Waals surface area contributed by atoms with Gasteiger partial charge in [-0.3, -0.25) is 24.6 Å². The van der Waals surface area contributed by atoms with Crippen LogP contribution in [0, 0.1) is 10.1 Å². The number of nitrogens with zero attached hydrogens (tertiary/aromatic N) is 5. The Labute approximate surface area is 235 Å². The summed E-state index contributed by atoms with van der Waals surface area (Å²) in [5.41, 5.74) is 0.728. The Morgan fingerprint density at radius 3 is 2.60 bits per heavy atom. The number of anilines is 1. The number of benzene rings is 2. The van der Waals surface area contributed by atoms with E-state index < -0.39 is 28.7 Å². The molecule has 40 heavy (non-hydrogen) atoms. The van der Waals surface area contributed by atoms with Gasteiger partial charge in [0.15, 0.2) is 5.69 Å². The SMILES string of the molecule is CCCCCCSc1nnc2c(n1)O[C@@H](c1cc(OC)cc([N+](=O)[O-])c1OC(C)=O)N(C(C)=O)c1ccccc1-2. The molecule has 3 aromatic rings. The van der Waals surface area contributed by atoms with E-state index in [2.05, 4.69) is 22.1 Å². The number of hydrogen-bond donors (Lipinski definition) is 0. The largest absolute Gasteiger partial charge is 0.496 e. The summed E-state index contributed by atoms with van der Waals surface area (Å²) in [7, 11) is 1.34. The summed E-state index contributed by atoms with van der Waals surface area (Å²) in [6, 6.07) is 9.53. The average molecular weight is 568 g/mol. The van der Waals surface area contributed by atoms with Gasteiger partial charge in [-0.05, 0) is 18.6 Å². The fraction of sp³-hybridized carbons (Fsp3) is 0.370. The van der Waals surface area contributed by atoms with E-state index >= 15 is 0 Å². The molecule has 0 fully saturated rings. The number of unbranched alkanes of at least 4 members (excludes halogenated alkanes) is 3. The molecule has 12 nitrogen and oxygen atoms in total. The van der Waals surface area contributed by atoms with Crippen LogP contribution < -0.4 is 19.1 Å². The Balaban J connectivity index is 1.90. The lowest BCUT2D eigenvalue weighted by Gasteiger charge is -2.30. The highest BCUT2D eigenvalue weighted by Gasteiger charge is 2.39. The molecule has 0 saturated carbocycles. The number of amides is 1. The molecule has 1 aliphatic heterocycles. The Kier molecular flexibility index (Phi) is 9.15. The van der Waals surface area contributed by atoms with Gasteiger partial charge >= 0.3 is 11.7 Å². The normalized spacial score (nSPS) is 13.9. The summed E-state index contributed by atoms with van der Waals surface area (Å²) in [6.45, 7) is 4.60. The fourth-order valence-electron chi connectivity index (χ4n) is 4.31. The van der Waals surface area contributed by atoms with Gasteiger partial charge in [0.1, 0.15) is 5.75 Å². The van der Waals surface area contributed by atoms with E-state index in [1.807, 2.05) is 0 Å². The van der Waals surface area contributed by atoms with Gasteiger partial charge in [0.25, 0.3) is 0 Å². The lowest BCUT2D eigenvalue weighted by molar-refractivity contribution is -0.385. The first kappa shape index (κ1) is 28.7. The molecule has 1 aromatic heterocycles. The fourth-order valence-corrected chi connectivity index (χ4v) is 5.09. The summed E-state index contributed by atoms with van der Waals surface area (Å²) < 4.78 is 17.0. The molecule has 1 aliphatic rings. The summed E-state index contributed by atoms with van der Waals surface area (Å²) in [6.07, 6.45) is 3.02. The zero-order chi connectivity index (χ0) is 28.8. The van der Waals surface area contributed by atoms with Gasteiger partial charge in [0.2, 0.25) is 28.9 Å². The maximum atomic E-state index is 13.2. The number of esters is 1. The van der Waals surface area contributed by atoms with Crippen LogP contribution in [0.5, 0.6) is 17.4 Å². The van der Waals surface area contributed by atoms with Crippen molar-refractivity contribution in [1.29, 1.82) is 0 Å². The second kappa shape index (κ2) is 12.7. The molecule has 2 aromatic carbocycles. The molecule has 0 N–H and O–H groups in total. The second-order valence-electron chi connectivity index (χ2n) is 8.95. The Bertz CT molecular complexity index is 1430. The van der Waals surface area contributed by atoms with E-state index in [-0.39, 0.29) is 22.9 Å². The first-order valence-electron chi connectivity index (χ1n) is 12.7. The minimum Gasteiger partial charge on any atom is -0.496 e. The monoisotopic (exact) mass is 567 g/mol. The highest BCUT2D eigenvalue weighted by molar-refractivity contribution is 7.99. The topological polar surface area (TPSA) is 147 Å². The number of aromatic nitrogens is 3. The average Bonchev–Trinajstić information content (AvgIpc) is 3.07. The summed E-state index contributed by atoms with van der Waals surface area (Å²) >= 11 is 1.44. The minimum atomic E-state index is -1.33. The third-order valence-corrected chi connectivity index (χ3v) is 7.02. The molecule has 0 radical (unpaired) electrons. The third kappa shape index (κ3) is 6.14. The molecular formula is C27H29N5O7S. The molecule has 0 spiro atoms. The zero-order valence-corrected chi connectivity index (χ0v) is 23.4. The number of hydrogen-bond acceptors (Lipinski definition) is 11. The number of carbonyl (C=O) groups is 2. The van der Waals surface area contributed by atoms with E-state index in [9.17, 15) is 19.7 Å². The van der Waals surface area contributed by atoms with Gasteiger partial charge in [0, 0.05) is 25.2 Å². The smallest absolute Gasteiger partial charge is 0.315 e. The van der Waals surface area contributed by atoms with Gasteiger partial charge in [-0.15, -0.1) is 10.2 Å². The molecular weight excluding hydrogens is 538 g/mol. The number of para-hydroxylation sites is 1. The number of carbonyl (C=O) groups excluding carboxylic acids is 2. The van der Waals surface area contributed by atoms with Crippen LogP contribution in [-0.4, -0.2) is 44.8 Å². The van der Waals surface area contributed by atoms with Gasteiger partial charge in [-0.2, -0.15) is 4.98 Å². The van der Waals surface area contributed by atoms with Gasteiger partial charge in [-0.25, -0.2) is 0 Å². The molecule has 1 atom stereocenters. The second-order valence-corrected chi connectivity index (χ2v) is 10.0. The van der Waals surface area contributed by atoms with Gasteiger partial charge in [-0.1, -0.05) is 56.1 Å². The quantitative estimate of drug-likeness (QED) is 0.0764. The predicted molar refractivity (Wildman–Crippen MR) is 148 cm³/mol. The number of nitro benzene ring substituents is 1. The van der Waals surface area contributed by atoms with E-state index in [4.69, 9.17) is 14.2 Å². The highest BCUT2D eigenvalue weighted by Crippen LogP contribution is 2.47. The van der Waals surface area contributed by atoms with Crippen LogP contribution in [0.15, 0.2) is 41.6 Å². The summed E-state index contributed by atoms with van der Waals surface area (Å²) in [5, 5.41) is 21.1. The standard InChI is InChI=1S/C27H29N5O7S/c1-5-6-7-10-13-40-27-28-25-23(29-30-27)19-11-8-9-12-21(19)31(16(2)33)26(39-25)20-14-18(37-4)15-22(32(35)36)24(20)38-17(3)34/h8-9,11-12,14-15,26H,5-7,10,13H2,1-4H3/t26-/m0/s1. The summed E-state index contributed by atoms with van der Waals surface area (Å²) in [5.74, 6) is -0.633. The maximum Gasteiger partial charge on any atom is 0.315 e. The van der Waals surface area contributed by atoms with Crippen LogP contribution in [-0.2, 0) is 9.59 Å². The van der Waals surface area contributed by atoms with E-state index in [0.29, 0.717) is 22.1 Å². The van der Waals surface area contributed by atoms with Crippen molar-refractivity contribution in [1.82, 2.24) is 15.2 Å². The van der Waals surface area contributed by atoms with Crippen LogP contribution >= 0.6 is 11.8 Å². The minimum absolute atomic E-state index is 0.0199. The number of nitro groups is 1. The van der Waals surface area contributed by atoms with Crippen LogP contribution in [0.2, 0.25) is 0 Å². The molecule has 210 valence electrons. The number of ether oxygens (including phenoxy) is 3. The number of fused-ring (bicyclic) bond motifs is 3. The van der Waals surface area contributed by atoms with Crippen molar-refractivity contribution in [3.05, 3.63) is 52.1 Å². The van der Waals surface area contributed by atoms with Crippen molar-refractivity contribution in [3.63, 3.8) is 0 Å². The highest BCUT2D eigenvalue weighted by atomic mass is 32.2. The van der Waals surface area contributed by atoms with Crippen molar-refractivity contribution in [2.24, 2.45) is 0 Å². The third-order valence-electron chi connectivity index (χ3n) is 6.10. The first-order chi connectivity index (χ1) is 19.2. The van der Waals surface area contributed by atoms with Crippen LogP contribution in [0.4, 0.5) is 11.4 Å². The summed E-state index contributed by atoms with van der Waals surface area (Å²) in [4.78, 5) is 42.4. The lowest BCUT2D eigenvalue weighted by atomic mass is 10.1. The molecule has 0 unspecified atom stereocenters. The van der Waals surface area contributed by atoms with Crippen molar-refractivity contribution in [3.8, 4) is 28.6 Å². The van der Waals surface area contributed by atoms with Gasteiger partial charge in [0.05, 0.1) is 29.4 Å². The van der Waals surface area contributed by atoms with Crippen LogP contribution in [0.1, 0.15) is 58.2 Å². The molecule has 2 heterocycles. The predicted octanol–water partition coefficient (Wildman–Crippen LogP) is 5.50. The first-order valence-corrected chi connectivity index (χ1v) is 13.7. The van der Waals surface area contributed by atoms with E-state index in [0.717, 1.165) is 44.4 Å². The molecule has 0 saturated heterocycles. The van der Waals surface area contributed by atoms with Crippen molar-refractivity contribution >= 4 is 35.0 Å². The van der Waals surface area contributed by atoms with E-state index in [1.54, 1.807) is 24.3 Å². The number of rotatable bonds is 10. The Morgan fingerprint density at radius 2 is 1.93 bits per heavy atom. The molecule has 1 amide bonds. The Morgan fingerprint density at radius 1 is 1.15 bits per heavy atom. The molecule has 0 aliphatic carbocycles. The van der Waals surface area contributed by atoms with Crippen molar-refractivity contribution in [2.45, 2.75) is 57.8 Å². The number of methoxy groups -OCH3 is 1. The van der Waals surface area contributed by atoms with Gasteiger partial charge < -0.3 is 14.2 Å². The Hall–Kier alpha value is -4.26. The van der Waals surface area contributed by atoms with Crippen molar-refractivity contribution < 1.29 is 28.7 Å². The molecule has 4 rings (SSSR count). The molecule has 13 heteroatoms. The van der Waals surface area contributed by atoms with Crippen LogP contribution in [0.25, 0.3) is 11.3 Å². The number of thioether (sulfide) groups is 1. The zero-order valence-electron chi connectivity index (χ0n) is 22.6. The maximum absolute atomic E-state index is 13.2.